The summed E-state index contributed by atoms with van der Waals surface area (Å²) in [4.78, 5) is 28.7. The number of carbonyl (C=O) groups excluding carboxylic acids is 1. The van der Waals surface area contributed by atoms with Gasteiger partial charge in [0, 0.05) is 41.8 Å². The zero-order valence-corrected chi connectivity index (χ0v) is 25.3. The van der Waals surface area contributed by atoms with Crippen molar-refractivity contribution < 1.29 is 22.0 Å². The van der Waals surface area contributed by atoms with Crippen molar-refractivity contribution >= 4 is 43.4 Å². The van der Waals surface area contributed by atoms with Crippen LogP contribution in [-0.2, 0) is 21.1 Å². The molecule has 230 valence electrons. The van der Waals surface area contributed by atoms with Crippen molar-refractivity contribution in [3.63, 3.8) is 0 Å². The number of nitrogens with one attached hydrogen (secondary N) is 3. The van der Waals surface area contributed by atoms with E-state index in [-0.39, 0.29) is 40.5 Å². The molecule has 0 aliphatic carbocycles. The number of pyridine rings is 2. The zero-order chi connectivity index (χ0) is 31.7. The summed E-state index contributed by atoms with van der Waals surface area (Å²) in [5.74, 6) is -1.06. The van der Waals surface area contributed by atoms with Gasteiger partial charge in [-0.25, -0.2) is 22.2 Å². The van der Waals surface area contributed by atoms with E-state index in [9.17, 15) is 17.6 Å². The lowest BCUT2D eigenvalue weighted by atomic mass is 10.0. The minimum atomic E-state index is -3.24. The van der Waals surface area contributed by atoms with E-state index in [4.69, 9.17) is 4.98 Å². The van der Waals surface area contributed by atoms with Crippen molar-refractivity contribution in [2.75, 3.05) is 17.3 Å². The molecule has 3 N–H and O–H groups in total. The first-order valence-corrected chi connectivity index (χ1v) is 16.4. The molecule has 45 heavy (non-hydrogen) atoms. The number of aryl methyl sites for hydroxylation is 1. The molecule has 4 aromatic heterocycles. The van der Waals surface area contributed by atoms with Crippen LogP contribution in [0.3, 0.4) is 0 Å². The summed E-state index contributed by atoms with van der Waals surface area (Å²) in [5.41, 5.74) is 4.18. The Kier molecular flexibility index (Phi) is 8.11. The standard InChI is InChI=1S/C32H29F2N7O3S/c1-3-4-5-26(42)37-22-15-20(16-35-17-22)23-6-7-24-27(28(23)34)31(41-40-24)32-38-25-8-10-36-29(30(25)39-32)19-12-18(13-21(33)14-19)9-11-45(2,43)44/h6-8,10,12-17H,3-5,9,11H2,1-2H3,(H,37,42)(H,38,39)(H,40,41). The Bertz CT molecular complexity index is 2180. The van der Waals surface area contributed by atoms with Crippen LogP contribution in [0, 0.1) is 11.6 Å². The number of sulfone groups is 1. The quantitative estimate of drug-likeness (QED) is 0.163. The van der Waals surface area contributed by atoms with Gasteiger partial charge in [0.2, 0.25) is 5.91 Å². The number of H-pyrrole nitrogens is 2. The lowest BCUT2D eigenvalue weighted by molar-refractivity contribution is -0.116. The van der Waals surface area contributed by atoms with Crippen LogP contribution in [0.15, 0.2) is 61.1 Å². The van der Waals surface area contributed by atoms with Crippen LogP contribution in [0.4, 0.5) is 14.5 Å². The second-order valence-corrected chi connectivity index (χ2v) is 13.2. The van der Waals surface area contributed by atoms with Gasteiger partial charge in [0.15, 0.2) is 5.82 Å². The van der Waals surface area contributed by atoms with Crippen molar-refractivity contribution in [1.82, 2.24) is 30.1 Å². The monoisotopic (exact) mass is 629 g/mol. The summed E-state index contributed by atoms with van der Waals surface area (Å²) in [5, 5.41) is 10.2. The minimum absolute atomic E-state index is 0.117. The Balaban J connectivity index is 1.38. The lowest BCUT2D eigenvalue weighted by Crippen LogP contribution is -2.11. The van der Waals surface area contributed by atoms with Crippen molar-refractivity contribution in [3.05, 3.63) is 78.3 Å². The molecule has 0 aliphatic heterocycles. The highest BCUT2D eigenvalue weighted by Gasteiger charge is 2.21. The summed E-state index contributed by atoms with van der Waals surface area (Å²) >= 11 is 0. The van der Waals surface area contributed by atoms with Gasteiger partial charge in [0.1, 0.15) is 32.7 Å². The van der Waals surface area contributed by atoms with Crippen LogP contribution in [0.5, 0.6) is 0 Å². The van der Waals surface area contributed by atoms with Gasteiger partial charge in [-0.1, -0.05) is 13.3 Å². The average molecular weight is 630 g/mol. The zero-order valence-electron chi connectivity index (χ0n) is 24.5. The van der Waals surface area contributed by atoms with Gasteiger partial charge in [-0.2, -0.15) is 5.10 Å². The van der Waals surface area contributed by atoms with Crippen LogP contribution < -0.4 is 5.32 Å². The number of imidazole rings is 1. The molecule has 6 rings (SSSR count). The lowest BCUT2D eigenvalue weighted by Gasteiger charge is -2.08. The SMILES string of the molecule is CCCCC(=O)Nc1cncc(-c2ccc3[nH]nc(-c4nc5c(-c6cc(F)cc(CCS(C)(=O)=O)c6)nccc5[nH]4)c3c2F)c1. The van der Waals surface area contributed by atoms with Crippen LogP contribution in [0.25, 0.3) is 55.8 Å². The molecular formula is C32H29F2N7O3S. The Labute approximate surface area is 257 Å². The number of carbonyl (C=O) groups is 1. The molecule has 0 saturated heterocycles. The summed E-state index contributed by atoms with van der Waals surface area (Å²) < 4.78 is 54.2. The second-order valence-electron chi connectivity index (χ2n) is 10.9. The fourth-order valence-electron chi connectivity index (χ4n) is 5.18. The highest BCUT2D eigenvalue weighted by Crippen LogP contribution is 2.35. The van der Waals surface area contributed by atoms with Crippen molar-refractivity contribution in [1.29, 1.82) is 0 Å². The normalized spacial score (nSPS) is 11.8. The number of benzene rings is 2. The molecule has 0 aliphatic rings. The molecule has 0 fully saturated rings. The summed E-state index contributed by atoms with van der Waals surface area (Å²) in [6.07, 6.45) is 7.91. The van der Waals surface area contributed by atoms with E-state index in [1.54, 1.807) is 36.5 Å². The molecule has 4 heterocycles. The predicted octanol–water partition coefficient (Wildman–Crippen LogP) is 6.22. The third-order valence-electron chi connectivity index (χ3n) is 7.38. The Morgan fingerprint density at radius 1 is 1.00 bits per heavy atom. The number of hydrogen-bond donors (Lipinski definition) is 3. The largest absolute Gasteiger partial charge is 0.336 e. The summed E-state index contributed by atoms with van der Waals surface area (Å²) in [6.45, 7) is 2.01. The molecule has 1 amide bonds. The third-order valence-corrected chi connectivity index (χ3v) is 8.32. The first-order valence-electron chi connectivity index (χ1n) is 14.3. The van der Waals surface area contributed by atoms with Crippen LogP contribution >= 0.6 is 0 Å². The first kappa shape index (κ1) is 30.0. The molecule has 0 radical (unpaired) electrons. The number of halogens is 2. The molecule has 0 spiro atoms. The molecule has 2 aromatic carbocycles. The number of amides is 1. The Morgan fingerprint density at radius 2 is 1.84 bits per heavy atom. The van der Waals surface area contributed by atoms with E-state index >= 15 is 4.39 Å². The maximum absolute atomic E-state index is 16.2. The van der Waals surface area contributed by atoms with Crippen molar-refractivity contribution in [3.8, 4) is 33.9 Å². The molecule has 13 heteroatoms. The molecular weight excluding hydrogens is 600 g/mol. The maximum Gasteiger partial charge on any atom is 0.224 e. The number of rotatable bonds is 10. The minimum Gasteiger partial charge on any atom is -0.336 e. The fourth-order valence-corrected chi connectivity index (χ4v) is 5.78. The number of aromatic amines is 2. The molecule has 10 nitrogen and oxygen atoms in total. The predicted molar refractivity (Wildman–Crippen MR) is 169 cm³/mol. The van der Waals surface area contributed by atoms with Crippen molar-refractivity contribution in [2.24, 2.45) is 0 Å². The molecule has 0 bridgehead atoms. The van der Waals surface area contributed by atoms with Gasteiger partial charge in [0.05, 0.1) is 39.8 Å². The van der Waals surface area contributed by atoms with E-state index in [0.717, 1.165) is 19.1 Å². The average Bonchev–Trinajstić information content (AvgIpc) is 3.63. The highest BCUT2D eigenvalue weighted by atomic mass is 32.2. The summed E-state index contributed by atoms with van der Waals surface area (Å²) in [6, 6.07) is 11.0. The van der Waals surface area contributed by atoms with Gasteiger partial charge < -0.3 is 10.3 Å². The van der Waals surface area contributed by atoms with E-state index in [0.29, 0.717) is 51.0 Å². The van der Waals surface area contributed by atoms with E-state index in [2.05, 4.69) is 30.5 Å². The first-order chi connectivity index (χ1) is 21.6. The number of unbranched alkanes of at least 4 members (excludes halogenated alkanes) is 1. The van der Waals surface area contributed by atoms with Crippen LogP contribution in [0.1, 0.15) is 31.7 Å². The van der Waals surface area contributed by atoms with Gasteiger partial charge in [-0.15, -0.1) is 0 Å². The molecule has 0 atom stereocenters. The number of anilines is 1. The topological polar surface area (TPSA) is 146 Å². The molecule has 0 unspecified atom stereocenters. The van der Waals surface area contributed by atoms with E-state index in [1.165, 1.54) is 24.5 Å². The van der Waals surface area contributed by atoms with Gasteiger partial charge in [-0.3, -0.25) is 19.9 Å². The number of fused-ring (bicyclic) bond motifs is 2. The fraction of sp³-hybridized carbons (Fsp3) is 0.219. The highest BCUT2D eigenvalue weighted by molar-refractivity contribution is 7.90. The van der Waals surface area contributed by atoms with Gasteiger partial charge in [-0.05, 0) is 60.9 Å². The van der Waals surface area contributed by atoms with E-state index in [1.807, 2.05) is 6.92 Å². The second kappa shape index (κ2) is 12.2. The molecule has 6 aromatic rings. The number of nitrogens with zero attached hydrogens (tertiary/aromatic N) is 4. The third kappa shape index (κ3) is 6.43. The summed E-state index contributed by atoms with van der Waals surface area (Å²) in [7, 11) is -3.24. The smallest absolute Gasteiger partial charge is 0.224 e. The van der Waals surface area contributed by atoms with Gasteiger partial charge >= 0.3 is 0 Å². The number of hydrogen-bond acceptors (Lipinski definition) is 7. The van der Waals surface area contributed by atoms with Crippen LogP contribution in [0.2, 0.25) is 0 Å². The van der Waals surface area contributed by atoms with Crippen molar-refractivity contribution in [2.45, 2.75) is 32.6 Å². The van der Waals surface area contributed by atoms with Gasteiger partial charge in [0.25, 0.3) is 0 Å². The Hall–Kier alpha value is -5.04. The molecule has 0 saturated carbocycles. The van der Waals surface area contributed by atoms with Crippen LogP contribution in [-0.4, -0.2) is 56.5 Å². The van der Waals surface area contributed by atoms with E-state index < -0.39 is 21.5 Å². The Morgan fingerprint density at radius 3 is 2.64 bits per heavy atom. The maximum atomic E-state index is 16.2. The number of aromatic nitrogens is 6.